The van der Waals surface area contributed by atoms with E-state index >= 15 is 0 Å². The maximum Gasteiger partial charge on any atom is 0.251 e. The predicted molar refractivity (Wildman–Crippen MR) is 66.9 cm³/mol. The Balaban J connectivity index is 2.52. The van der Waals surface area contributed by atoms with Crippen LogP contribution in [0.1, 0.15) is 10.4 Å². The molecule has 0 saturated heterocycles. The lowest BCUT2D eigenvalue weighted by Crippen LogP contribution is -2.31. The number of nitrogens with one attached hydrogen (secondary N) is 2. The number of nitrogens with zero attached hydrogens (tertiary/aromatic N) is 1. The van der Waals surface area contributed by atoms with Crippen LogP contribution in [0.15, 0.2) is 24.3 Å². The molecule has 4 heteroatoms. The van der Waals surface area contributed by atoms with Crippen molar-refractivity contribution in [3.8, 4) is 0 Å². The molecular formula is C12H19N3O. The Morgan fingerprint density at radius 2 is 2.12 bits per heavy atom. The molecule has 1 rings (SSSR count). The fraction of sp³-hybridized carbons (Fsp3) is 0.417. The summed E-state index contributed by atoms with van der Waals surface area (Å²) in [5.41, 5.74) is 1.63. The SMILES string of the molecule is CNc1cccc(C(=O)NCCN(C)C)c1. The van der Waals surface area contributed by atoms with Gasteiger partial charge < -0.3 is 15.5 Å². The summed E-state index contributed by atoms with van der Waals surface area (Å²) in [4.78, 5) is 13.8. The average Bonchev–Trinajstić information content (AvgIpc) is 2.28. The Kier molecular flexibility index (Phi) is 4.79. The van der Waals surface area contributed by atoms with Gasteiger partial charge in [-0.15, -0.1) is 0 Å². The van der Waals surface area contributed by atoms with Crippen LogP contribution in [0.3, 0.4) is 0 Å². The fourth-order valence-corrected chi connectivity index (χ4v) is 1.31. The van der Waals surface area contributed by atoms with Gasteiger partial charge in [0.25, 0.3) is 5.91 Å². The highest BCUT2D eigenvalue weighted by Gasteiger charge is 2.04. The van der Waals surface area contributed by atoms with Crippen LogP contribution < -0.4 is 10.6 Å². The van der Waals surface area contributed by atoms with Gasteiger partial charge in [0.2, 0.25) is 0 Å². The number of benzene rings is 1. The van der Waals surface area contributed by atoms with Crippen LogP contribution in [-0.4, -0.2) is 45.0 Å². The van der Waals surface area contributed by atoms with E-state index in [0.29, 0.717) is 12.1 Å². The van der Waals surface area contributed by atoms with E-state index in [2.05, 4.69) is 10.6 Å². The predicted octanol–water partition coefficient (Wildman–Crippen LogP) is 1.02. The molecule has 0 aliphatic carbocycles. The van der Waals surface area contributed by atoms with Gasteiger partial charge in [-0.3, -0.25) is 4.79 Å². The summed E-state index contributed by atoms with van der Waals surface area (Å²) in [6.07, 6.45) is 0. The van der Waals surface area contributed by atoms with Crippen molar-refractivity contribution >= 4 is 11.6 Å². The van der Waals surface area contributed by atoms with Gasteiger partial charge in [-0.2, -0.15) is 0 Å². The zero-order valence-electron chi connectivity index (χ0n) is 10.1. The van der Waals surface area contributed by atoms with Gasteiger partial charge in [0.05, 0.1) is 0 Å². The highest BCUT2D eigenvalue weighted by Crippen LogP contribution is 2.09. The molecule has 0 saturated carbocycles. The first-order valence-electron chi connectivity index (χ1n) is 5.34. The molecule has 0 heterocycles. The van der Waals surface area contributed by atoms with Crippen molar-refractivity contribution in [3.05, 3.63) is 29.8 Å². The van der Waals surface area contributed by atoms with E-state index in [0.717, 1.165) is 12.2 Å². The molecule has 0 bridgehead atoms. The molecule has 1 amide bonds. The minimum atomic E-state index is -0.0287. The summed E-state index contributed by atoms with van der Waals surface area (Å²) in [6, 6.07) is 7.44. The lowest BCUT2D eigenvalue weighted by atomic mass is 10.2. The average molecular weight is 221 g/mol. The quantitative estimate of drug-likeness (QED) is 0.780. The standard InChI is InChI=1S/C12H19N3O/c1-13-11-6-4-5-10(9-11)12(16)14-7-8-15(2)3/h4-6,9,13H,7-8H2,1-3H3,(H,14,16). The second-order valence-electron chi connectivity index (χ2n) is 3.89. The minimum absolute atomic E-state index is 0.0287. The smallest absolute Gasteiger partial charge is 0.251 e. The number of hydrogen-bond acceptors (Lipinski definition) is 3. The Morgan fingerprint density at radius 1 is 1.38 bits per heavy atom. The number of likely N-dealkylation sites (N-methyl/N-ethyl adjacent to an activating group) is 1. The van der Waals surface area contributed by atoms with Crippen LogP contribution in [-0.2, 0) is 0 Å². The summed E-state index contributed by atoms with van der Waals surface area (Å²) in [5.74, 6) is -0.0287. The summed E-state index contributed by atoms with van der Waals surface area (Å²) in [5, 5.41) is 5.88. The Hall–Kier alpha value is -1.55. The van der Waals surface area contributed by atoms with E-state index in [1.54, 1.807) is 0 Å². The molecule has 0 unspecified atom stereocenters. The van der Waals surface area contributed by atoms with Gasteiger partial charge in [0.15, 0.2) is 0 Å². The van der Waals surface area contributed by atoms with E-state index in [9.17, 15) is 4.79 Å². The molecule has 1 aromatic carbocycles. The Labute approximate surface area is 96.6 Å². The van der Waals surface area contributed by atoms with Gasteiger partial charge in [0.1, 0.15) is 0 Å². The van der Waals surface area contributed by atoms with Crippen molar-refractivity contribution in [3.63, 3.8) is 0 Å². The number of rotatable bonds is 5. The molecule has 0 radical (unpaired) electrons. The van der Waals surface area contributed by atoms with Crippen molar-refractivity contribution in [2.45, 2.75) is 0 Å². The van der Waals surface area contributed by atoms with E-state index in [4.69, 9.17) is 0 Å². The Bertz CT molecular complexity index is 350. The van der Waals surface area contributed by atoms with Crippen LogP contribution in [0.4, 0.5) is 5.69 Å². The molecule has 4 nitrogen and oxygen atoms in total. The molecule has 0 spiro atoms. The highest BCUT2D eigenvalue weighted by atomic mass is 16.1. The van der Waals surface area contributed by atoms with E-state index < -0.39 is 0 Å². The van der Waals surface area contributed by atoms with Crippen LogP contribution >= 0.6 is 0 Å². The van der Waals surface area contributed by atoms with Crippen molar-refractivity contribution < 1.29 is 4.79 Å². The molecule has 16 heavy (non-hydrogen) atoms. The van der Waals surface area contributed by atoms with Crippen LogP contribution in [0.2, 0.25) is 0 Å². The molecule has 88 valence electrons. The zero-order valence-corrected chi connectivity index (χ0v) is 10.1. The van der Waals surface area contributed by atoms with Crippen molar-refractivity contribution in [1.29, 1.82) is 0 Å². The number of carbonyl (C=O) groups excluding carboxylic acids is 1. The second kappa shape index (κ2) is 6.12. The van der Waals surface area contributed by atoms with E-state index in [1.165, 1.54) is 0 Å². The normalized spacial score (nSPS) is 10.2. The summed E-state index contributed by atoms with van der Waals surface area (Å²) < 4.78 is 0. The second-order valence-corrected chi connectivity index (χ2v) is 3.89. The summed E-state index contributed by atoms with van der Waals surface area (Å²) >= 11 is 0. The number of carbonyl (C=O) groups is 1. The van der Waals surface area contributed by atoms with Gasteiger partial charge >= 0.3 is 0 Å². The van der Waals surface area contributed by atoms with E-state index in [1.807, 2.05) is 50.3 Å². The molecule has 0 aliphatic heterocycles. The number of hydrogen-bond donors (Lipinski definition) is 2. The van der Waals surface area contributed by atoms with Crippen LogP contribution in [0.5, 0.6) is 0 Å². The van der Waals surface area contributed by atoms with Gasteiger partial charge in [0, 0.05) is 31.4 Å². The molecular weight excluding hydrogens is 202 g/mol. The first kappa shape index (κ1) is 12.5. The lowest BCUT2D eigenvalue weighted by Gasteiger charge is -2.10. The summed E-state index contributed by atoms with van der Waals surface area (Å²) in [7, 11) is 5.80. The fourth-order valence-electron chi connectivity index (χ4n) is 1.31. The third-order valence-corrected chi connectivity index (χ3v) is 2.26. The van der Waals surface area contributed by atoms with Crippen molar-refractivity contribution in [2.75, 3.05) is 39.5 Å². The monoisotopic (exact) mass is 221 g/mol. The number of anilines is 1. The topological polar surface area (TPSA) is 44.4 Å². The van der Waals surface area contributed by atoms with Crippen molar-refractivity contribution in [1.82, 2.24) is 10.2 Å². The molecule has 2 N–H and O–H groups in total. The molecule has 0 fully saturated rings. The van der Waals surface area contributed by atoms with E-state index in [-0.39, 0.29) is 5.91 Å². The van der Waals surface area contributed by atoms with Crippen LogP contribution in [0, 0.1) is 0 Å². The van der Waals surface area contributed by atoms with Crippen molar-refractivity contribution in [2.24, 2.45) is 0 Å². The molecule has 0 aliphatic rings. The summed E-state index contributed by atoms with van der Waals surface area (Å²) in [6.45, 7) is 1.51. The van der Waals surface area contributed by atoms with Gasteiger partial charge in [-0.25, -0.2) is 0 Å². The largest absolute Gasteiger partial charge is 0.388 e. The molecule has 0 atom stereocenters. The van der Waals surface area contributed by atoms with Crippen LogP contribution in [0.25, 0.3) is 0 Å². The zero-order chi connectivity index (χ0) is 12.0. The molecule has 1 aromatic rings. The number of amides is 1. The Morgan fingerprint density at radius 3 is 2.75 bits per heavy atom. The van der Waals surface area contributed by atoms with Gasteiger partial charge in [-0.1, -0.05) is 6.07 Å². The maximum atomic E-state index is 11.7. The first-order valence-corrected chi connectivity index (χ1v) is 5.34. The third-order valence-electron chi connectivity index (χ3n) is 2.26. The first-order chi connectivity index (χ1) is 7.63. The molecule has 0 aromatic heterocycles. The third kappa shape index (κ3) is 3.90. The maximum absolute atomic E-state index is 11.7. The lowest BCUT2D eigenvalue weighted by molar-refractivity contribution is 0.0951. The van der Waals surface area contributed by atoms with Gasteiger partial charge in [-0.05, 0) is 32.3 Å². The highest BCUT2D eigenvalue weighted by molar-refractivity contribution is 5.95. The minimum Gasteiger partial charge on any atom is -0.388 e.